The second kappa shape index (κ2) is 3.31. The van der Waals surface area contributed by atoms with E-state index in [1.807, 2.05) is 13.0 Å². The number of fused-ring (bicyclic) bond motifs is 1. The molecule has 2 heterocycles. The molecule has 0 aliphatic rings. The monoisotopic (exact) mass is 204 g/mol. The molecule has 2 aromatic rings. The van der Waals surface area contributed by atoms with Gasteiger partial charge in [-0.05, 0) is 24.6 Å². The third kappa shape index (κ3) is 1.44. The number of aryl methyl sites for hydroxylation is 1. The first-order valence-electron chi connectivity index (χ1n) is 4.66. The predicted octanol–water partition coefficient (Wildman–Crippen LogP) is 1.31. The van der Waals surface area contributed by atoms with Crippen molar-refractivity contribution < 1.29 is 9.90 Å². The number of nitrogens with one attached hydrogen (secondary N) is 1. The van der Waals surface area contributed by atoms with Crippen molar-refractivity contribution in [2.45, 2.75) is 6.92 Å². The Balaban J connectivity index is 2.73. The highest BCUT2D eigenvalue weighted by Gasteiger charge is 2.13. The van der Waals surface area contributed by atoms with Crippen LogP contribution in [0.5, 0.6) is 5.75 Å². The zero-order valence-corrected chi connectivity index (χ0v) is 8.61. The molecule has 0 aromatic carbocycles. The number of hydrogen-bond donors (Lipinski definition) is 2. The van der Waals surface area contributed by atoms with Crippen LogP contribution < -0.4 is 5.32 Å². The van der Waals surface area contributed by atoms with Crippen LogP contribution in [0.3, 0.4) is 0 Å². The molecule has 0 bridgehead atoms. The van der Waals surface area contributed by atoms with E-state index in [4.69, 9.17) is 0 Å². The van der Waals surface area contributed by atoms with Gasteiger partial charge in [0.05, 0.1) is 0 Å². The van der Waals surface area contributed by atoms with Crippen LogP contribution in [0.1, 0.15) is 16.1 Å². The summed E-state index contributed by atoms with van der Waals surface area (Å²) in [5, 5.41) is 11.9. The lowest BCUT2D eigenvalue weighted by atomic mass is 10.2. The molecule has 2 N–H and O–H groups in total. The van der Waals surface area contributed by atoms with E-state index in [2.05, 4.69) is 5.32 Å². The summed E-state index contributed by atoms with van der Waals surface area (Å²) in [6, 6.07) is 5.04. The number of hydrogen-bond acceptors (Lipinski definition) is 2. The summed E-state index contributed by atoms with van der Waals surface area (Å²) in [6.07, 6.45) is 1.68. The molecule has 15 heavy (non-hydrogen) atoms. The van der Waals surface area contributed by atoms with Crippen LogP contribution in [-0.2, 0) is 0 Å². The molecule has 0 spiro atoms. The molecule has 78 valence electrons. The quantitative estimate of drug-likeness (QED) is 0.736. The van der Waals surface area contributed by atoms with E-state index in [-0.39, 0.29) is 11.7 Å². The van der Waals surface area contributed by atoms with E-state index >= 15 is 0 Å². The number of aromatic nitrogens is 1. The number of amides is 1. The van der Waals surface area contributed by atoms with Crippen LogP contribution in [0.4, 0.5) is 0 Å². The highest BCUT2D eigenvalue weighted by Crippen LogP contribution is 2.19. The highest BCUT2D eigenvalue weighted by molar-refractivity contribution is 5.95. The molecule has 0 unspecified atom stereocenters. The van der Waals surface area contributed by atoms with Crippen molar-refractivity contribution in [3.63, 3.8) is 0 Å². The molecule has 2 rings (SSSR count). The van der Waals surface area contributed by atoms with Crippen LogP contribution in [0.25, 0.3) is 5.52 Å². The van der Waals surface area contributed by atoms with Crippen molar-refractivity contribution in [2.24, 2.45) is 0 Å². The third-order valence-corrected chi connectivity index (χ3v) is 2.39. The normalized spacial score (nSPS) is 10.5. The molecule has 1 amide bonds. The molecule has 4 nitrogen and oxygen atoms in total. The molecular weight excluding hydrogens is 192 g/mol. The van der Waals surface area contributed by atoms with Crippen molar-refractivity contribution in [3.8, 4) is 5.75 Å². The summed E-state index contributed by atoms with van der Waals surface area (Å²) in [7, 11) is 1.60. The predicted molar refractivity (Wildman–Crippen MR) is 57.2 cm³/mol. The number of nitrogens with zero attached hydrogens (tertiary/aromatic N) is 1. The van der Waals surface area contributed by atoms with Gasteiger partial charge in [-0.15, -0.1) is 0 Å². The van der Waals surface area contributed by atoms with E-state index in [1.165, 1.54) is 0 Å². The van der Waals surface area contributed by atoms with Crippen molar-refractivity contribution in [2.75, 3.05) is 7.05 Å². The lowest BCUT2D eigenvalue weighted by Crippen LogP contribution is -2.20. The van der Waals surface area contributed by atoms with Crippen LogP contribution >= 0.6 is 0 Å². The average molecular weight is 204 g/mol. The number of rotatable bonds is 1. The van der Waals surface area contributed by atoms with Crippen LogP contribution in [0.2, 0.25) is 0 Å². The van der Waals surface area contributed by atoms with Crippen LogP contribution in [0.15, 0.2) is 24.4 Å². The van der Waals surface area contributed by atoms with Gasteiger partial charge < -0.3 is 14.8 Å². The Hall–Kier alpha value is -1.97. The molecule has 0 radical (unpaired) electrons. The Labute approximate surface area is 87.2 Å². The second-order valence-electron chi connectivity index (χ2n) is 3.43. The van der Waals surface area contributed by atoms with Gasteiger partial charge in [0.1, 0.15) is 11.4 Å². The maximum absolute atomic E-state index is 11.6. The Morgan fingerprint density at radius 2 is 2.20 bits per heavy atom. The van der Waals surface area contributed by atoms with Crippen molar-refractivity contribution in [1.29, 1.82) is 0 Å². The summed E-state index contributed by atoms with van der Waals surface area (Å²) in [4.78, 5) is 11.6. The smallest absolute Gasteiger partial charge is 0.268 e. The van der Waals surface area contributed by atoms with E-state index < -0.39 is 0 Å². The molecule has 0 aliphatic carbocycles. The lowest BCUT2D eigenvalue weighted by Gasteiger charge is -2.02. The van der Waals surface area contributed by atoms with Gasteiger partial charge in [-0.1, -0.05) is 0 Å². The van der Waals surface area contributed by atoms with E-state index in [1.54, 1.807) is 29.8 Å². The molecule has 0 aliphatic heterocycles. The average Bonchev–Trinajstić information content (AvgIpc) is 2.52. The number of pyridine rings is 1. The fourth-order valence-corrected chi connectivity index (χ4v) is 1.71. The van der Waals surface area contributed by atoms with Gasteiger partial charge in [-0.25, -0.2) is 0 Å². The molecule has 4 heteroatoms. The summed E-state index contributed by atoms with van der Waals surface area (Å²) < 4.78 is 1.76. The molecule has 0 saturated heterocycles. The van der Waals surface area contributed by atoms with Crippen molar-refractivity contribution in [3.05, 3.63) is 35.7 Å². The fraction of sp³-hybridized carbons (Fsp3) is 0.182. The van der Waals surface area contributed by atoms with Gasteiger partial charge in [-0.3, -0.25) is 4.79 Å². The number of aromatic hydroxyl groups is 1. The molecule has 2 aromatic heterocycles. The van der Waals surface area contributed by atoms with Gasteiger partial charge in [0, 0.05) is 24.8 Å². The topological polar surface area (TPSA) is 53.7 Å². The molecule has 0 atom stereocenters. The zero-order valence-electron chi connectivity index (χ0n) is 8.61. The van der Waals surface area contributed by atoms with Crippen molar-refractivity contribution in [1.82, 2.24) is 9.72 Å². The minimum Gasteiger partial charge on any atom is -0.508 e. The van der Waals surface area contributed by atoms with E-state index in [9.17, 15) is 9.90 Å². The maximum Gasteiger partial charge on any atom is 0.268 e. The lowest BCUT2D eigenvalue weighted by molar-refractivity contribution is 0.0956. The minimum atomic E-state index is -0.127. The van der Waals surface area contributed by atoms with Gasteiger partial charge in [0.2, 0.25) is 0 Å². The number of carbonyl (C=O) groups is 1. The Bertz CT molecular complexity index is 529. The largest absolute Gasteiger partial charge is 0.508 e. The minimum absolute atomic E-state index is 0.127. The van der Waals surface area contributed by atoms with Crippen LogP contribution in [-0.4, -0.2) is 22.5 Å². The summed E-state index contributed by atoms with van der Waals surface area (Å²) in [6.45, 7) is 1.87. The van der Waals surface area contributed by atoms with E-state index in [0.717, 1.165) is 11.1 Å². The first-order chi connectivity index (χ1) is 7.13. The first-order valence-corrected chi connectivity index (χ1v) is 4.66. The van der Waals surface area contributed by atoms with Gasteiger partial charge in [0.25, 0.3) is 5.91 Å². The van der Waals surface area contributed by atoms with Crippen molar-refractivity contribution >= 4 is 11.4 Å². The zero-order chi connectivity index (χ0) is 11.0. The highest BCUT2D eigenvalue weighted by atomic mass is 16.3. The van der Waals surface area contributed by atoms with E-state index in [0.29, 0.717) is 5.69 Å². The number of carbonyl (C=O) groups excluding carboxylic acids is 1. The Kier molecular flexibility index (Phi) is 2.11. The molecular formula is C11H12N2O2. The summed E-state index contributed by atoms with van der Waals surface area (Å²) in [5.74, 6) is 0.0710. The van der Waals surface area contributed by atoms with Gasteiger partial charge >= 0.3 is 0 Å². The second-order valence-corrected chi connectivity index (χ2v) is 3.43. The Morgan fingerprint density at radius 1 is 1.47 bits per heavy atom. The fourth-order valence-electron chi connectivity index (χ4n) is 1.71. The van der Waals surface area contributed by atoms with Gasteiger partial charge in [0.15, 0.2) is 0 Å². The molecule has 0 saturated carbocycles. The summed E-state index contributed by atoms with van der Waals surface area (Å²) in [5.41, 5.74) is 2.30. The molecule has 0 fully saturated rings. The summed E-state index contributed by atoms with van der Waals surface area (Å²) >= 11 is 0. The maximum atomic E-state index is 11.6. The third-order valence-electron chi connectivity index (χ3n) is 2.39. The van der Waals surface area contributed by atoms with Gasteiger partial charge in [-0.2, -0.15) is 0 Å². The first kappa shape index (κ1) is 9.58. The Morgan fingerprint density at radius 3 is 2.87 bits per heavy atom. The standard InChI is InChI=1S/C11H12N2O2/c1-7-5-8-6-9(14)3-4-13(8)10(7)11(15)12-2/h3-6,14H,1-2H3,(H,12,15). The van der Waals surface area contributed by atoms with Crippen LogP contribution in [0, 0.1) is 6.92 Å². The SMILES string of the molecule is CNC(=O)c1c(C)cc2cc(O)ccn12.